The zero-order valence-corrected chi connectivity index (χ0v) is 14.1. The smallest absolute Gasteiger partial charge is 0.238 e. The number of thioether (sulfide) groups is 1. The molecule has 0 aliphatic carbocycles. The molecule has 1 atom stereocenters. The fourth-order valence-corrected chi connectivity index (χ4v) is 3.35. The van der Waals surface area contributed by atoms with Gasteiger partial charge in [-0.15, -0.1) is 11.8 Å². The lowest BCUT2D eigenvalue weighted by Gasteiger charge is -2.24. The molecule has 120 valence electrons. The molecule has 0 radical (unpaired) electrons. The number of nitrogens with one attached hydrogen (secondary N) is 2. The van der Waals surface area contributed by atoms with Gasteiger partial charge in [-0.2, -0.15) is 0 Å². The number of carbonyl (C=O) groups excluding carboxylic acids is 2. The topological polar surface area (TPSA) is 61.4 Å². The molecule has 1 aliphatic rings. The molecule has 1 heterocycles. The number of hydrogen-bond acceptors (Lipinski definition) is 4. The number of carbonyl (C=O) groups is 2. The van der Waals surface area contributed by atoms with Crippen molar-refractivity contribution in [3.05, 3.63) is 23.8 Å². The van der Waals surface area contributed by atoms with E-state index in [0.29, 0.717) is 6.54 Å². The Kier molecular flexibility index (Phi) is 5.85. The zero-order valence-electron chi connectivity index (χ0n) is 13.3. The van der Waals surface area contributed by atoms with Crippen molar-refractivity contribution in [2.45, 2.75) is 29.9 Å². The van der Waals surface area contributed by atoms with E-state index in [0.717, 1.165) is 29.1 Å². The molecule has 1 aromatic rings. The van der Waals surface area contributed by atoms with Gasteiger partial charge in [-0.3, -0.25) is 9.59 Å². The molecule has 0 saturated carbocycles. The molecule has 0 fully saturated rings. The number of aryl methyl sites for hydroxylation is 1. The summed E-state index contributed by atoms with van der Waals surface area (Å²) in [7, 11) is 4.01. The zero-order chi connectivity index (χ0) is 16.1. The van der Waals surface area contributed by atoms with Crippen molar-refractivity contribution in [3.8, 4) is 0 Å². The summed E-state index contributed by atoms with van der Waals surface area (Å²) in [6, 6.07) is 5.97. The van der Waals surface area contributed by atoms with Crippen molar-refractivity contribution >= 4 is 29.3 Å². The first kappa shape index (κ1) is 16.8. The summed E-state index contributed by atoms with van der Waals surface area (Å²) in [5.41, 5.74) is 1.95. The Labute approximate surface area is 135 Å². The minimum Gasteiger partial charge on any atom is -0.356 e. The molecule has 0 unspecified atom stereocenters. The van der Waals surface area contributed by atoms with Gasteiger partial charge in [0.2, 0.25) is 11.8 Å². The monoisotopic (exact) mass is 321 g/mol. The molecular weight excluding hydrogens is 298 g/mol. The van der Waals surface area contributed by atoms with Gasteiger partial charge in [-0.25, -0.2) is 0 Å². The molecule has 0 saturated heterocycles. The van der Waals surface area contributed by atoms with Crippen molar-refractivity contribution in [2.75, 3.05) is 32.5 Å². The fraction of sp³-hybridized carbons (Fsp3) is 0.500. The molecule has 0 aromatic heterocycles. The molecule has 1 aliphatic heterocycles. The molecule has 0 bridgehead atoms. The number of anilines is 1. The minimum absolute atomic E-state index is 0.0676. The Morgan fingerprint density at radius 2 is 2.18 bits per heavy atom. The van der Waals surface area contributed by atoms with Crippen molar-refractivity contribution in [2.24, 2.45) is 0 Å². The average molecular weight is 321 g/mol. The SMILES string of the molecule is Cc1ccc2c(c1)NC(=O)[C@@H](CC(=O)NCCCN(C)C)S2. The first-order valence-electron chi connectivity index (χ1n) is 7.45. The lowest BCUT2D eigenvalue weighted by atomic mass is 10.2. The Balaban J connectivity index is 1.84. The quantitative estimate of drug-likeness (QED) is 0.785. The summed E-state index contributed by atoms with van der Waals surface area (Å²) >= 11 is 1.47. The standard InChI is InChI=1S/C16H23N3O2S/c1-11-5-6-13-12(9-11)18-16(21)14(22-13)10-15(20)17-7-4-8-19(2)3/h5-6,9,14H,4,7-8,10H2,1-3H3,(H,17,20)(H,18,21)/t14-/m1/s1. The van der Waals surface area contributed by atoms with Gasteiger partial charge in [0.05, 0.1) is 10.9 Å². The molecule has 2 amide bonds. The van der Waals surface area contributed by atoms with Gasteiger partial charge in [-0.05, 0) is 51.7 Å². The number of hydrogen-bond donors (Lipinski definition) is 2. The molecule has 1 aromatic carbocycles. The summed E-state index contributed by atoms with van der Waals surface area (Å²) in [5, 5.41) is 5.41. The molecule has 0 spiro atoms. The predicted octanol–water partition coefficient (Wildman–Crippen LogP) is 1.87. The van der Waals surface area contributed by atoms with E-state index in [2.05, 4.69) is 15.5 Å². The maximum atomic E-state index is 12.1. The number of fused-ring (bicyclic) bond motifs is 1. The van der Waals surface area contributed by atoms with Crippen LogP contribution in [-0.2, 0) is 9.59 Å². The van der Waals surface area contributed by atoms with Gasteiger partial charge in [0, 0.05) is 17.9 Å². The van der Waals surface area contributed by atoms with Crippen LogP contribution in [0.25, 0.3) is 0 Å². The predicted molar refractivity (Wildman–Crippen MR) is 90.3 cm³/mol. The average Bonchev–Trinajstić information content (AvgIpc) is 2.44. The third kappa shape index (κ3) is 4.74. The van der Waals surface area contributed by atoms with E-state index in [4.69, 9.17) is 0 Å². The highest BCUT2D eigenvalue weighted by Crippen LogP contribution is 2.37. The van der Waals surface area contributed by atoms with Crippen LogP contribution in [-0.4, -0.2) is 49.1 Å². The van der Waals surface area contributed by atoms with Crippen LogP contribution >= 0.6 is 11.8 Å². The van der Waals surface area contributed by atoms with Crippen LogP contribution in [0.1, 0.15) is 18.4 Å². The van der Waals surface area contributed by atoms with Crippen molar-refractivity contribution in [1.29, 1.82) is 0 Å². The summed E-state index contributed by atoms with van der Waals surface area (Å²) in [6.07, 6.45) is 1.12. The summed E-state index contributed by atoms with van der Waals surface area (Å²) in [4.78, 5) is 27.2. The van der Waals surface area contributed by atoms with Gasteiger partial charge in [-0.1, -0.05) is 6.07 Å². The van der Waals surface area contributed by atoms with Gasteiger partial charge in [0.1, 0.15) is 0 Å². The summed E-state index contributed by atoms with van der Waals surface area (Å²) in [5.74, 6) is -0.159. The first-order valence-corrected chi connectivity index (χ1v) is 8.33. The van der Waals surface area contributed by atoms with E-state index >= 15 is 0 Å². The first-order chi connectivity index (χ1) is 10.5. The summed E-state index contributed by atoms with van der Waals surface area (Å²) in [6.45, 7) is 3.57. The minimum atomic E-state index is -0.357. The Hall–Kier alpha value is -1.53. The lowest BCUT2D eigenvalue weighted by Crippen LogP contribution is -2.35. The van der Waals surface area contributed by atoms with Crippen LogP contribution in [0.15, 0.2) is 23.1 Å². The molecular formula is C16H23N3O2S. The van der Waals surface area contributed by atoms with Gasteiger partial charge in [0.15, 0.2) is 0 Å². The lowest BCUT2D eigenvalue weighted by molar-refractivity contribution is -0.124. The van der Waals surface area contributed by atoms with Crippen LogP contribution in [0.2, 0.25) is 0 Å². The normalized spacial score (nSPS) is 17.1. The summed E-state index contributed by atoms with van der Waals surface area (Å²) < 4.78 is 0. The molecule has 22 heavy (non-hydrogen) atoms. The third-order valence-electron chi connectivity index (χ3n) is 3.43. The van der Waals surface area contributed by atoms with Crippen LogP contribution in [0.4, 0.5) is 5.69 Å². The van der Waals surface area contributed by atoms with Crippen LogP contribution in [0, 0.1) is 6.92 Å². The molecule has 5 nitrogen and oxygen atoms in total. The number of benzene rings is 1. The molecule has 2 rings (SSSR count). The Morgan fingerprint density at radius 3 is 2.91 bits per heavy atom. The van der Waals surface area contributed by atoms with Crippen LogP contribution in [0.5, 0.6) is 0 Å². The van der Waals surface area contributed by atoms with Gasteiger partial charge >= 0.3 is 0 Å². The number of amides is 2. The van der Waals surface area contributed by atoms with Crippen LogP contribution in [0.3, 0.4) is 0 Å². The second-order valence-corrected chi connectivity index (χ2v) is 7.05. The molecule has 2 N–H and O–H groups in total. The van der Waals surface area contributed by atoms with Crippen molar-refractivity contribution in [3.63, 3.8) is 0 Å². The van der Waals surface area contributed by atoms with E-state index in [1.165, 1.54) is 11.8 Å². The highest BCUT2D eigenvalue weighted by atomic mass is 32.2. The number of rotatable bonds is 6. The van der Waals surface area contributed by atoms with E-state index in [1.54, 1.807) is 0 Å². The second-order valence-electron chi connectivity index (χ2n) is 5.81. The second kappa shape index (κ2) is 7.65. The Bertz CT molecular complexity index is 560. The largest absolute Gasteiger partial charge is 0.356 e. The van der Waals surface area contributed by atoms with E-state index in [9.17, 15) is 9.59 Å². The third-order valence-corrected chi connectivity index (χ3v) is 4.70. The van der Waals surface area contributed by atoms with E-state index in [-0.39, 0.29) is 23.5 Å². The maximum absolute atomic E-state index is 12.1. The van der Waals surface area contributed by atoms with Gasteiger partial charge < -0.3 is 15.5 Å². The van der Waals surface area contributed by atoms with E-state index in [1.807, 2.05) is 39.2 Å². The fourth-order valence-electron chi connectivity index (χ4n) is 2.26. The molecule has 6 heteroatoms. The van der Waals surface area contributed by atoms with Crippen LogP contribution < -0.4 is 10.6 Å². The maximum Gasteiger partial charge on any atom is 0.238 e. The van der Waals surface area contributed by atoms with Crippen molar-refractivity contribution in [1.82, 2.24) is 10.2 Å². The van der Waals surface area contributed by atoms with E-state index < -0.39 is 0 Å². The Morgan fingerprint density at radius 1 is 1.41 bits per heavy atom. The highest BCUT2D eigenvalue weighted by molar-refractivity contribution is 8.01. The van der Waals surface area contributed by atoms with Gasteiger partial charge in [0.25, 0.3) is 0 Å². The number of nitrogens with zero attached hydrogens (tertiary/aromatic N) is 1. The highest BCUT2D eigenvalue weighted by Gasteiger charge is 2.28. The van der Waals surface area contributed by atoms with Crippen molar-refractivity contribution < 1.29 is 9.59 Å².